The molecule has 0 aliphatic rings. The van der Waals surface area contributed by atoms with E-state index in [-0.39, 0.29) is 27.9 Å². The molecule has 54 valence electrons. The number of hydrogen-bond acceptors (Lipinski definition) is 4. The number of rotatable bonds is 1. The van der Waals surface area contributed by atoms with E-state index in [1.54, 1.807) is 0 Å². The second-order valence-electron chi connectivity index (χ2n) is 1.35. The Bertz CT molecular complexity index is 117. The maximum absolute atomic E-state index is 9.60. The summed E-state index contributed by atoms with van der Waals surface area (Å²) in [6, 6.07) is 0. The molecule has 0 aromatic rings. The first-order valence-electron chi connectivity index (χ1n) is 2.06. The van der Waals surface area contributed by atoms with E-state index in [1.165, 1.54) is 13.8 Å². The fourth-order valence-corrected chi connectivity index (χ4v) is 0.132. The van der Waals surface area contributed by atoms with Gasteiger partial charge in [0.1, 0.15) is 0 Å². The molecule has 0 unspecified atom stereocenters. The predicted octanol–water partition coefficient (Wildman–Crippen LogP) is 0.901. The van der Waals surface area contributed by atoms with Crippen molar-refractivity contribution in [3.05, 3.63) is 10.4 Å². The normalized spacial score (nSPS) is 12.7. The van der Waals surface area contributed by atoms with Gasteiger partial charge in [-0.25, -0.2) is 0 Å². The van der Waals surface area contributed by atoms with Crippen LogP contribution in [0.4, 0.5) is 0 Å². The quantitative estimate of drug-likeness (QED) is 0.335. The van der Waals surface area contributed by atoms with E-state index < -0.39 is 0 Å². The Balaban J connectivity index is 0. The summed E-state index contributed by atoms with van der Waals surface area (Å²) in [4.78, 5) is 0. The van der Waals surface area contributed by atoms with Gasteiger partial charge in [0, 0.05) is 11.4 Å². The maximum atomic E-state index is 9.60. The Morgan fingerprint density at radius 1 is 1.00 bits per heavy atom. The molecule has 0 N–H and O–H groups in total. The van der Waals surface area contributed by atoms with E-state index in [4.69, 9.17) is 0 Å². The molecule has 0 aliphatic carbocycles. The van der Waals surface area contributed by atoms with E-state index in [1.807, 2.05) is 0 Å². The Labute approximate surface area is 63.2 Å². The summed E-state index contributed by atoms with van der Waals surface area (Å²) in [6.07, 6.45) is 0. The molecule has 9 heavy (non-hydrogen) atoms. The Kier molecular flexibility index (Phi) is 6.97. The molecule has 0 rings (SSSR count). The van der Waals surface area contributed by atoms with Gasteiger partial charge in [-0.3, -0.25) is 0 Å². The molecule has 0 aromatic carbocycles. The summed E-state index contributed by atoms with van der Waals surface area (Å²) in [5.74, 6) is 0. The minimum atomic E-state index is 0. The molecule has 0 saturated heterocycles. The first-order valence-corrected chi connectivity index (χ1v) is 2.06. The van der Waals surface area contributed by atoms with Gasteiger partial charge >= 0.3 is 16.5 Å². The van der Waals surface area contributed by atoms with Crippen molar-refractivity contribution in [1.29, 1.82) is 0 Å². The fraction of sp³-hybridized carbons (Fsp3) is 0.500. The van der Waals surface area contributed by atoms with Gasteiger partial charge in [-0.1, -0.05) is 0 Å². The van der Waals surface area contributed by atoms with Gasteiger partial charge in [-0.2, -0.15) is 0 Å². The molecule has 4 nitrogen and oxygen atoms in total. The third-order valence-corrected chi connectivity index (χ3v) is 0.797. The van der Waals surface area contributed by atoms with Crippen molar-refractivity contribution in [2.45, 2.75) is 13.8 Å². The van der Waals surface area contributed by atoms with Gasteiger partial charge < -0.3 is 20.7 Å². The maximum Gasteiger partial charge on any atom is 2.00 e. The molecular formula is C4H6N2NiO2. The Morgan fingerprint density at radius 3 is 1.33 bits per heavy atom. The molecule has 0 fully saturated rings. The molecule has 0 aliphatic heterocycles. The topological polar surface area (TPSA) is 70.8 Å². The summed E-state index contributed by atoms with van der Waals surface area (Å²) in [7, 11) is 0. The van der Waals surface area contributed by atoms with E-state index in [2.05, 4.69) is 10.3 Å². The second-order valence-corrected chi connectivity index (χ2v) is 1.35. The summed E-state index contributed by atoms with van der Waals surface area (Å²) in [5, 5.41) is 24.2. The smallest absolute Gasteiger partial charge is 0.792 e. The Morgan fingerprint density at radius 2 is 1.22 bits per heavy atom. The van der Waals surface area contributed by atoms with Crippen molar-refractivity contribution in [3.63, 3.8) is 0 Å². The zero-order chi connectivity index (χ0) is 6.57. The summed E-state index contributed by atoms with van der Waals surface area (Å²) >= 11 is 0. The average Bonchev–Trinajstić information content (AvgIpc) is 1.84. The van der Waals surface area contributed by atoms with E-state index in [0.29, 0.717) is 0 Å². The van der Waals surface area contributed by atoms with Crippen LogP contribution in [0.5, 0.6) is 0 Å². The molecule has 0 aromatic heterocycles. The minimum Gasteiger partial charge on any atom is -0.792 e. The number of nitrogens with zero attached hydrogens (tertiary/aromatic N) is 2. The Hall–Kier alpha value is -0.566. The average molecular weight is 173 g/mol. The second kappa shape index (κ2) is 5.57. The van der Waals surface area contributed by atoms with E-state index >= 15 is 0 Å². The zero-order valence-corrected chi connectivity index (χ0v) is 6.01. The van der Waals surface area contributed by atoms with Crippen molar-refractivity contribution in [2.75, 3.05) is 0 Å². The SMILES string of the molecule is CC(=N/[O-])/C(C)=N\[O-].[Ni+2]. The van der Waals surface area contributed by atoms with Crippen LogP contribution in [0.3, 0.4) is 0 Å². The molecular weight excluding hydrogens is 167 g/mol. The first-order chi connectivity index (χ1) is 3.72. The van der Waals surface area contributed by atoms with Crippen molar-refractivity contribution in [3.8, 4) is 0 Å². The molecule has 0 heterocycles. The molecule has 0 amide bonds. The molecule has 0 atom stereocenters. The van der Waals surface area contributed by atoms with Crippen molar-refractivity contribution in [2.24, 2.45) is 10.3 Å². The largest absolute Gasteiger partial charge is 2.00 e. The van der Waals surface area contributed by atoms with Gasteiger partial charge in [-0.05, 0) is 13.8 Å². The van der Waals surface area contributed by atoms with Gasteiger partial charge in [-0.15, -0.1) is 0 Å². The first kappa shape index (κ1) is 11.3. The summed E-state index contributed by atoms with van der Waals surface area (Å²) in [6.45, 7) is 2.87. The van der Waals surface area contributed by atoms with E-state index in [0.717, 1.165) is 0 Å². The van der Waals surface area contributed by atoms with Crippen molar-refractivity contribution >= 4 is 11.4 Å². The molecule has 5 heteroatoms. The van der Waals surface area contributed by atoms with Crippen molar-refractivity contribution in [1.82, 2.24) is 0 Å². The van der Waals surface area contributed by atoms with Crippen LogP contribution in [0.1, 0.15) is 13.8 Å². The molecule has 0 saturated carbocycles. The fourth-order valence-electron chi connectivity index (χ4n) is 0.132. The summed E-state index contributed by atoms with van der Waals surface area (Å²) < 4.78 is 0. The molecule has 0 bridgehead atoms. The van der Waals surface area contributed by atoms with Crippen LogP contribution in [-0.4, -0.2) is 11.4 Å². The van der Waals surface area contributed by atoms with Crippen LogP contribution in [-0.2, 0) is 16.5 Å². The van der Waals surface area contributed by atoms with Crippen LogP contribution >= 0.6 is 0 Å². The number of hydrogen-bond donors (Lipinski definition) is 0. The van der Waals surface area contributed by atoms with Gasteiger partial charge in [0.05, 0.1) is 0 Å². The monoisotopic (exact) mass is 172 g/mol. The van der Waals surface area contributed by atoms with Gasteiger partial charge in [0.25, 0.3) is 0 Å². The van der Waals surface area contributed by atoms with Crippen LogP contribution < -0.4 is 0 Å². The van der Waals surface area contributed by atoms with Crippen LogP contribution in [0, 0.1) is 10.4 Å². The van der Waals surface area contributed by atoms with Crippen LogP contribution in [0.2, 0.25) is 0 Å². The zero-order valence-electron chi connectivity index (χ0n) is 5.03. The standard InChI is InChI=1S/C4H8N2O2.Ni/c1-3(5-7)4(2)6-8;/h7-8H,1-2H3;/q;+2/p-2/b5-3-,6-4-;. The van der Waals surface area contributed by atoms with Gasteiger partial charge in [0.2, 0.25) is 0 Å². The third-order valence-electron chi connectivity index (χ3n) is 0.797. The predicted molar refractivity (Wildman–Crippen MR) is 33.0 cm³/mol. The van der Waals surface area contributed by atoms with Crippen LogP contribution in [0.25, 0.3) is 0 Å². The molecule has 0 spiro atoms. The van der Waals surface area contributed by atoms with E-state index in [9.17, 15) is 10.4 Å². The van der Waals surface area contributed by atoms with Crippen molar-refractivity contribution < 1.29 is 16.5 Å². The third kappa shape index (κ3) is 3.97. The molecule has 0 radical (unpaired) electrons. The summed E-state index contributed by atoms with van der Waals surface area (Å²) in [5.41, 5.74) is 0.278. The minimum absolute atomic E-state index is 0. The van der Waals surface area contributed by atoms with Gasteiger partial charge in [0.15, 0.2) is 0 Å². The van der Waals surface area contributed by atoms with Crippen LogP contribution in [0.15, 0.2) is 10.3 Å².